The maximum atomic E-state index is 13.1. The highest BCUT2D eigenvalue weighted by molar-refractivity contribution is 7.98. The second-order valence-corrected chi connectivity index (χ2v) is 5.25. The van der Waals surface area contributed by atoms with E-state index in [1.807, 2.05) is 0 Å². The predicted octanol–water partition coefficient (Wildman–Crippen LogP) is 3.96. The molecule has 110 valence electrons. The molecule has 0 bridgehead atoms. The highest BCUT2D eigenvalue weighted by Gasteiger charge is 2.11. The molecule has 6 heteroatoms. The number of halogens is 2. The third-order valence-corrected chi connectivity index (χ3v) is 3.86. The lowest BCUT2D eigenvalue weighted by atomic mass is 10.1. The third kappa shape index (κ3) is 3.72. The molecule has 0 heterocycles. The van der Waals surface area contributed by atoms with Gasteiger partial charge in [0.05, 0.1) is 7.11 Å². The summed E-state index contributed by atoms with van der Waals surface area (Å²) in [4.78, 5) is 11.6. The number of carboxylic acid groups (broad SMARTS) is 1. The molecular formula is C15H12F2O3S. The van der Waals surface area contributed by atoms with Gasteiger partial charge in [-0.15, -0.1) is 11.8 Å². The Balaban J connectivity index is 2.13. The van der Waals surface area contributed by atoms with Crippen LogP contribution in [0.5, 0.6) is 5.75 Å². The SMILES string of the molecule is COc1cc(CSc2ccc(F)c(F)c2)ccc1C(=O)O. The molecule has 2 aromatic rings. The van der Waals surface area contributed by atoms with E-state index < -0.39 is 17.6 Å². The Kier molecular flexibility index (Phi) is 4.80. The highest BCUT2D eigenvalue weighted by Crippen LogP contribution is 2.27. The first-order chi connectivity index (χ1) is 10.0. The summed E-state index contributed by atoms with van der Waals surface area (Å²) in [6.45, 7) is 0. The van der Waals surface area contributed by atoms with E-state index in [9.17, 15) is 13.6 Å². The second-order valence-electron chi connectivity index (χ2n) is 4.20. The fourth-order valence-electron chi connectivity index (χ4n) is 1.74. The number of carboxylic acids is 1. The number of ether oxygens (including phenoxy) is 1. The smallest absolute Gasteiger partial charge is 0.339 e. The molecule has 1 N–H and O–H groups in total. The average Bonchev–Trinajstić information content (AvgIpc) is 2.48. The van der Waals surface area contributed by atoms with E-state index in [2.05, 4.69) is 0 Å². The van der Waals surface area contributed by atoms with Crippen molar-refractivity contribution in [2.24, 2.45) is 0 Å². The molecule has 21 heavy (non-hydrogen) atoms. The first-order valence-electron chi connectivity index (χ1n) is 5.99. The van der Waals surface area contributed by atoms with Crippen molar-refractivity contribution in [3.05, 3.63) is 59.2 Å². The predicted molar refractivity (Wildman–Crippen MR) is 75.9 cm³/mol. The lowest BCUT2D eigenvalue weighted by Crippen LogP contribution is -2.00. The van der Waals surface area contributed by atoms with Gasteiger partial charge in [0.2, 0.25) is 0 Å². The van der Waals surface area contributed by atoms with Crippen LogP contribution < -0.4 is 4.74 Å². The van der Waals surface area contributed by atoms with Crippen molar-refractivity contribution in [3.8, 4) is 5.75 Å². The summed E-state index contributed by atoms with van der Waals surface area (Å²) in [5.41, 5.74) is 0.908. The molecule has 0 aromatic heterocycles. The van der Waals surface area contributed by atoms with Gasteiger partial charge in [-0.1, -0.05) is 6.07 Å². The quantitative estimate of drug-likeness (QED) is 0.849. The van der Waals surface area contributed by atoms with Crippen LogP contribution in [0.3, 0.4) is 0 Å². The topological polar surface area (TPSA) is 46.5 Å². The summed E-state index contributed by atoms with van der Waals surface area (Å²) in [6.07, 6.45) is 0. The molecule has 0 atom stereocenters. The normalized spacial score (nSPS) is 10.4. The Morgan fingerprint density at radius 2 is 1.95 bits per heavy atom. The minimum absolute atomic E-state index is 0.0825. The molecule has 0 saturated heterocycles. The largest absolute Gasteiger partial charge is 0.496 e. The number of rotatable bonds is 5. The van der Waals surface area contributed by atoms with Crippen LogP contribution in [0.4, 0.5) is 8.78 Å². The van der Waals surface area contributed by atoms with Gasteiger partial charge in [-0.2, -0.15) is 0 Å². The summed E-state index contributed by atoms with van der Waals surface area (Å²) in [5, 5.41) is 8.99. The molecule has 0 aliphatic carbocycles. The zero-order valence-electron chi connectivity index (χ0n) is 11.1. The van der Waals surface area contributed by atoms with Crippen molar-refractivity contribution in [2.45, 2.75) is 10.6 Å². The monoisotopic (exact) mass is 310 g/mol. The van der Waals surface area contributed by atoms with E-state index in [-0.39, 0.29) is 11.3 Å². The van der Waals surface area contributed by atoms with Crippen LogP contribution in [0, 0.1) is 11.6 Å². The van der Waals surface area contributed by atoms with Crippen LogP contribution in [0.25, 0.3) is 0 Å². The lowest BCUT2D eigenvalue weighted by Gasteiger charge is -2.08. The molecule has 0 fully saturated rings. The standard InChI is InChI=1S/C15H12F2O3S/c1-20-14-6-9(2-4-11(14)15(18)19)8-21-10-3-5-12(16)13(17)7-10/h2-7H,8H2,1H3,(H,18,19). The molecule has 0 unspecified atom stereocenters. The van der Waals surface area contributed by atoms with Gasteiger partial charge in [-0.3, -0.25) is 0 Å². The summed E-state index contributed by atoms with van der Waals surface area (Å²) in [7, 11) is 1.40. The summed E-state index contributed by atoms with van der Waals surface area (Å²) >= 11 is 1.32. The molecule has 0 spiro atoms. The number of carbonyl (C=O) groups is 1. The van der Waals surface area contributed by atoms with Crippen molar-refractivity contribution in [2.75, 3.05) is 7.11 Å². The highest BCUT2D eigenvalue weighted by atomic mass is 32.2. The molecule has 0 aliphatic rings. The Hall–Kier alpha value is -2.08. The Labute approximate surface area is 124 Å². The zero-order chi connectivity index (χ0) is 15.4. The molecule has 0 radical (unpaired) electrons. The van der Waals surface area contributed by atoms with Gasteiger partial charge in [0.15, 0.2) is 11.6 Å². The zero-order valence-corrected chi connectivity index (χ0v) is 11.9. The van der Waals surface area contributed by atoms with Crippen molar-refractivity contribution in [1.82, 2.24) is 0 Å². The maximum absolute atomic E-state index is 13.1. The van der Waals surface area contributed by atoms with Gasteiger partial charge in [-0.25, -0.2) is 13.6 Å². The Morgan fingerprint density at radius 3 is 2.57 bits per heavy atom. The van der Waals surface area contributed by atoms with Gasteiger partial charge in [0, 0.05) is 10.6 Å². The summed E-state index contributed by atoms with van der Waals surface area (Å²) < 4.78 is 31.0. The fraction of sp³-hybridized carbons (Fsp3) is 0.133. The maximum Gasteiger partial charge on any atom is 0.339 e. The summed E-state index contributed by atoms with van der Waals surface area (Å²) in [5.74, 6) is -2.08. The van der Waals surface area contributed by atoms with Crippen molar-refractivity contribution < 1.29 is 23.4 Å². The van der Waals surface area contributed by atoms with Crippen LogP contribution in [-0.2, 0) is 5.75 Å². The lowest BCUT2D eigenvalue weighted by molar-refractivity contribution is 0.0693. The molecular weight excluding hydrogens is 298 g/mol. The van der Waals surface area contributed by atoms with E-state index in [4.69, 9.17) is 9.84 Å². The van der Waals surface area contributed by atoms with Crippen molar-refractivity contribution >= 4 is 17.7 Å². The van der Waals surface area contributed by atoms with Gasteiger partial charge in [0.1, 0.15) is 11.3 Å². The first-order valence-corrected chi connectivity index (χ1v) is 6.98. The number of thioether (sulfide) groups is 1. The minimum atomic E-state index is -1.06. The van der Waals surface area contributed by atoms with Crippen LogP contribution in [0.1, 0.15) is 15.9 Å². The third-order valence-electron chi connectivity index (χ3n) is 2.79. The van der Waals surface area contributed by atoms with Gasteiger partial charge in [0.25, 0.3) is 0 Å². The number of hydrogen-bond acceptors (Lipinski definition) is 3. The number of benzene rings is 2. The number of methoxy groups -OCH3 is 1. The fourth-order valence-corrected chi connectivity index (χ4v) is 2.60. The van der Waals surface area contributed by atoms with Gasteiger partial charge < -0.3 is 9.84 Å². The van der Waals surface area contributed by atoms with Crippen molar-refractivity contribution in [1.29, 1.82) is 0 Å². The van der Waals surface area contributed by atoms with Crippen molar-refractivity contribution in [3.63, 3.8) is 0 Å². The van der Waals surface area contributed by atoms with E-state index >= 15 is 0 Å². The minimum Gasteiger partial charge on any atom is -0.496 e. The number of aromatic carboxylic acids is 1. The van der Waals surface area contributed by atoms with Crippen LogP contribution in [-0.4, -0.2) is 18.2 Å². The average molecular weight is 310 g/mol. The second kappa shape index (κ2) is 6.58. The van der Waals surface area contributed by atoms with Gasteiger partial charge >= 0.3 is 5.97 Å². The molecule has 0 aliphatic heterocycles. The van der Waals surface area contributed by atoms with E-state index in [1.54, 1.807) is 12.1 Å². The molecule has 3 nitrogen and oxygen atoms in total. The molecule has 0 saturated carbocycles. The Bertz CT molecular complexity index is 674. The van der Waals surface area contributed by atoms with Crippen LogP contribution in [0.15, 0.2) is 41.3 Å². The van der Waals surface area contributed by atoms with E-state index in [0.717, 1.165) is 17.7 Å². The van der Waals surface area contributed by atoms with Gasteiger partial charge in [-0.05, 0) is 35.9 Å². The van der Waals surface area contributed by atoms with E-state index in [0.29, 0.717) is 10.6 Å². The van der Waals surface area contributed by atoms with E-state index in [1.165, 1.54) is 31.0 Å². The Morgan fingerprint density at radius 1 is 1.19 bits per heavy atom. The molecule has 2 rings (SSSR count). The molecule has 0 amide bonds. The van der Waals surface area contributed by atoms with Crippen LogP contribution in [0.2, 0.25) is 0 Å². The molecule has 2 aromatic carbocycles. The number of hydrogen-bond donors (Lipinski definition) is 1. The van der Waals surface area contributed by atoms with Crippen LogP contribution >= 0.6 is 11.8 Å². The summed E-state index contributed by atoms with van der Waals surface area (Å²) in [6, 6.07) is 8.44. The first kappa shape index (κ1) is 15.3.